The van der Waals surface area contributed by atoms with E-state index >= 15 is 0 Å². The number of nitrogen functional groups attached to an aromatic ring is 1. The molecule has 1 aromatic carbocycles. The Bertz CT molecular complexity index is 639. The van der Waals surface area contributed by atoms with E-state index in [4.69, 9.17) is 15.9 Å². The molecule has 5 nitrogen and oxygen atoms in total. The Hall–Kier alpha value is -2.17. The van der Waals surface area contributed by atoms with Gasteiger partial charge >= 0.3 is 5.97 Å². The zero-order valence-corrected chi connectivity index (χ0v) is 14.5. The molecule has 0 aromatic heterocycles. The summed E-state index contributed by atoms with van der Waals surface area (Å²) in [5.41, 5.74) is 5.52. The molecule has 1 fully saturated rings. The number of nitrogens with two attached hydrogens (primary N) is 1. The molecule has 0 saturated heterocycles. The molecular formula is C19H26N2O3. The van der Waals surface area contributed by atoms with E-state index in [1.807, 2.05) is 0 Å². The van der Waals surface area contributed by atoms with E-state index in [-0.39, 0.29) is 23.3 Å². The van der Waals surface area contributed by atoms with Crippen LogP contribution in [0.2, 0.25) is 0 Å². The first kappa shape index (κ1) is 18.2. The Kier molecular flexibility index (Phi) is 5.75. The molecule has 0 amide bonds. The lowest BCUT2D eigenvalue weighted by atomic mass is 9.75. The third kappa shape index (κ3) is 4.02. The van der Waals surface area contributed by atoms with Crippen LogP contribution in [0.1, 0.15) is 50.4 Å². The highest BCUT2D eigenvalue weighted by atomic mass is 16.5. The number of nitrogens with one attached hydrogen (secondary N) is 1. The molecule has 130 valence electrons. The van der Waals surface area contributed by atoms with Crippen LogP contribution in [0.25, 0.3) is 0 Å². The van der Waals surface area contributed by atoms with Gasteiger partial charge in [0, 0.05) is 11.3 Å². The highest BCUT2D eigenvalue weighted by molar-refractivity contribution is 6.67. The summed E-state index contributed by atoms with van der Waals surface area (Å²) in [5, 5.41) is 7.90. The van der Waals surface area contributed by atoms with Gasteiger partial charge in [0.25, 0.3) is 0 Å². The zero-order chi connectivity index (χ0) is 17.9. The maximum absolute atomic E-state index is 12.3. The van der Waals surface area contributed by atoms with Crippen molar-refractivity contribution in [1.29, 1.82) is 5.41 Å². The van der Waals surface area contributed by atoms with Gasteiger partial charge in [0.1, 0.15) is 6.10 Å². The zero-order valence-electron chi connectivity index (χ0n) is 14.5. The van der Waals surface area contributed by atoms with Gasteiger partial charge in [0.2, 0.25) is 5.78 Å². The highest BCUT2D eigenvalue weighted by Crippen LogP contribution is 2.35. The minimum absolute atomic E-state index is 0.164. The summed E-state index contributed by atoms with van der Waals surface area (Å²) in [6.07, 6.45) is 2.67. The van der Waals surface area contributed by atoms with Crippen LogP contribution >= 0.6 is 0 Å². The molecule has 1 aliphatic rings. The summed E-state index contributed by atoms with van der Waals surface area (Å²) in [4.78, 5) is 24.6. The fourth-order valence-corrected chi connectivity index (χ4v) is 3.38. The molecule has 1 aromatic rings. The SMILES string of the molecule is CC(C)C1CC[C@@H](C)C[C@H]1OC(=O)C(=N)C(=O)c1ccccc1N. The molecule has 3 N–H and O–H groups in total. The van der Waals surface area contributed by atoms with Gasteiger partial charge in [-0.05, 0) is 42.7 Å². The average Bonchev–Trinajstić information content (AvgIpc) is 2.53. The van der Waals surface area contributed by atoms with Crippen molar-refractivity contribution in [3.05, 3.63) is 29.8 Å². The number of anilines is 1. The number of Topliss-reactive ketones (excluding diaryl/α,β-unsaturated/α-hetero) is 1. The first-order valence-electron chi connectivity index (χ1n) is 8.50. The second kappa shape index (κ2) is 7.60. The molecule has 0 radical (unpaired) electrons. The van der Waals surface area contributed by atoms with E-state index in [2.05, 4.69) is 20.8 Å². The quantitative estimate of drug-likeness (QED) is 0.284. The molecule has 24 heavy (non-hydrogen) atoms. The highest BCUT2D eigenvalue weighted by Gasteiger charge is 2.35. The van der Waals surface area contributed by atoms with E-state index in [9.17, 15) is 9.59 Å². The predicted octanol–water partition coefficient (Wildman–Crippen LogP) is 3.48. The molecule has 3 atom stereocenters. The van der Waals surface area contributed by atoms with Gasteiger partial charge in [0.05, 0.1) is 0 Å². The van der Waals surface area contributed by atoms with Crippen molar-refractivity contribution in [2.45, 2.75) is 46.1 Å². The van der Waals surface area contributed by atoms with Gasteiger partial charge in [-0.25, -0.2) is 4.79 Å². The summed E-state index contributed by atoms with van der Waals surface area (Å²) in [5.74, 6) is -0.400. The monoisotopic (exact) mass is 330 g/mol. The van der Waals surface area contributed by atoms with Crippen LogP contribution in [0.5, 0.6) is 0 Å². The number of carbonyl (C=O) groups is 2. The number of ether oxygens (including phenoxy) is 1. The molecular weight excluding hydrogens is 304 g/mol. The van der Waals surface area contributed by atoms with E-state index in [0.29, 0.717) is 11.8 Å². The Labute approximate surface area is 143 Å². The maximum Gasteiger partial charge on any atom is 0.360 e. The molecule has 1 saturated carbocycles. The number of carbonyl (C=O) groups excluding carboxylic acids is 2. The minimum Gasteiger partial charge on any atom is -0.457 e. The molecule has 0 aliphatic heterocycles. The molecule has 0 heterocycles. The molecule has 0 spiro atoms. The number of benzene rings is 1. The summed E-state index contributed by atoms with van der Waals surface area (Å²) < 4.78 is 5.55. The van der Waals surface area contributed by atoms with Crippen molar-refractivity contribution in [3.8, 4) is 0 Å². The summed E-state index contributed by atoms with van der Waals surface area (Å²) in [7, 11) is 0. The van der Waals surface area contributed by atoms with Crippen molar-refractivity contribution < 1.29 is 14.3 Å². The fourth-order valence-electron chi connectivity index (χ4n) is 3.38. The van der Waals surface area contributed by atoms with Crippen LogP contribution in [-0.4, -0.2) is 23.6 Å². The smallest absolute Gasteiger partial charge is 0.360 e. The van der Waals surface area contributed by atoms with Gasteiger partial charge in [-0.15, -0.1) is 0 Å². The van der Waals surface area contributed by atoms with Crippen LogP contribution < -0.4 is 5.73 Å². The largest absolute Gasteiger partial charge is 0.457 e. The first-order valence-corrected chi connectivity index (χ1v) is 8.50. The van der Waals surface area contributed by atoms with Gasteiger partial charge in [-0.3, -0.25) is 10.2 Å². The standard InChI is InChI=1S/C19H26N2O3/c1-11(2)13-9-8-12(3)10-16(13)24-19(23)17(21)18(22)14-6-4-5-7-15(14)20/h4-7,11-13,16,21H,8-10,20H2,1-3H3/t12-,13?,16-/m1/s1. The van der Waals surface area contributed by atoms with Crippen molar-refractivity contribution >= 4 is 23.2 Å². The molecule has 1 aliphatic carbocycles. The van der Waals surface area contributed by atoms with Crippen molar-refractivity contribution in [2.24, 2.45) is 17.8 Å². The average molecular weight is 330 g/mol. The van der Waals surface area contributed by atoms with Crippen LogP contribution in [0, 0.1) is 23.2 Å². The summed E-state index contributed by atoms with van der Waals surface area (Å²) in [6.45, 7) is 6.36. The van der Waals surface area contributed by atoms with Crippen molar-refractivity contribution in [2.75, 3.05) is 5.73 Å². The fraction of sp³-hybridized carbons (Fsp3) is 0.526. The minimum atomic E-state index is -0.854. The lowest BCUT2D eigenvalue weighted by Crippen LogP contribution is -2.38. The third-order valence-electron chi connectivity index (χ3n) is 4.86. The third-order valence-corrected chi connectivity index (χ3v) is 4.86. The van der Waals surface area contributed by atoms with Gasteiger partial charge in [-0.1, -0.05) is 39.3 Å². The molecule has 5 heteroatoms. The van der Waals surface area contributed by atoms with Gasteiger partial charge in [-0.2, -0.15) is 0 Å². The van der Waals surface area contributed by atoms with Crippen LogP contribution in [0.15, 0.2) is 24.3 Å². The topological polar surface area (TPSA) is 93.2 Å². The van der Waals surface area contributed by atoms with E-state index in [1.54, 1.807) is 18.2 Å². The first-order chi connectivity index (χ1) is 11.3. The normalized spacial score (nSPS) is 23.8. The number of esters is 1. The van der Waals surface area contributed by atoms with Crippen molar-refractivity contribution in [1.82, 2.24) is 0 Å². The van der Waals surface area contributed by atoms with Crippen LogP contribution in [0.4, 0.5) is 5.69 Å². The Balaban J connectivity index is 2.09. The van der Waals surface area contributed by atoms with E-state index < -0.39 is 17.5 Å². The van der Waals surface area contributed by atoms with Gasteiger partial charge in [0.15, 0.2) is 5.71 Å². The lowest BCUT2D eigenvalue weighted by Gasteiger charge is -2.36. The Morgan fingerprint density at radius 3 is 2.54 bits per heavy atom. The van der Waals surface area contributed by atoms with Crippen LogP contribution in [0.3, 0.4) is 0 Å². The lowest BCUT2D eigenvalue weighted by molar-refractivity contribution is -0.147. The molecule has 2 rings (SSSR count). The number of hydrogen-bond acceptors (Lipinski definition) is 5. The second-order valence-electron chi connectivity index (χ2n) is 7.06. The Morgan fingerprint density at radius 1 is 1.25 bits per heavy atom. The predicted molar refractivity (Wildman–Crippen MR) is 94.1 cm³/mol. The van der Waals surface area contributed by atoms with Gasteiger partial charge < -0.3 is 10.5 Å². The van der Waals surface area contributed by atoms with Crippen LogP contribution in [-0.2, 0) is 9.53 Å². The second-order valence-corrected chi connectivity index (χ2v) is 7.06. The molecule has 0 bridgehead atoms. The van der Waals surface area contributed by atoms with E-state index in [1.165, 1.54) is 6.07 Å². The molecule has 1 unspecified atom stereocenters. The number of para-hydroxylation sites is 1. The summed E-state index contributed by atoms with van der Waals surface area (Å²) >= 11 is 0. The number of rotatable bonds is 5. The maximum atomic E-state index is 12.3. The number of ketones is 1. The summed E-state index contributed by atoms with van der Waals surface area (Å²) in [6, 6.07) is 6.44. The van der Waals surface area contributed by atoms with E-state index in [0.717, 1.165) is 19.3 Å². The Morgan fingerprint density at radius 2 is 1.92 bits per heavy atom. The van der Waals surface area contributed by atoms with Crippen molar-refractivity contribution in [3.63, 3.8) is 0 Å². The number of hydrogen-bond donors (Lipinski definition) is 2.